The minimum Gasteiger partial charge on any atom is -0.388 e. The van der Waals surface area contributed by atoms with E-state index in [1.54, 1.807) is 0 Å². The zero-order valence-corrected chi connectivity index (χ0v) is 9.97. The van der Waals surface area contributed by atoms with Crippen LogP contribution in [-0.2, 0) is 9.47 Å². The summed E-state index contributed by atoms with van der Waals surface area (Å²) < 4.78 is 10.2. The van der Waals surface area contributed by atoms with Gasteiger partial charge in [-0.05, 0) is 0 Å². The predicted molar refractivity (Wildman–Crippen MR) is 60.1 cm³/mol. The lowest BCUT2D eigenvalue weighted by Crippen LogP contribution is -2.58. The highest BCUT2D eigenvalue weighted by molar-refractivity contribution is 7.99. The summed E-state index contributed by atoms with van der Waals surface area (Å²) in [7, 11) is 1.38. The number of thioether (sulfide) groups is 1. The number of hydrogen-bond donors (Lipinski definition) is 4. The molecule has 1 heterocycles. The number of aliphatic hydroxyl groups is 3. The largest absolute Gasteiger partial charge is 0.388 e. The van der Waals surface area contributed by atoms with Crippen LogP contribution in [0.3, 0.4) is 0 Å². The molecule has 0 amide bonds. The van der Waals surface area contributed by atoms with Crippen LogP contribution in [0.15, 0.2) is 0 Å². The Balaban J connectivity index is 2.50. The number of rotatable bonds is 5. The molecule has 1 fully saturated rings. The Bertz CT molecular complexity index is 206. The van der Waals surface area contributed by atoms with Crippen LogP contribution in [0.1, 0.15) is 0 Å². The van der Waals surface area contributed by atoms with Gasteiger partial charge in [-0.15, -0.1) is 0 Å². The smallest absolute Gasteiger partial charge is 0.186 e. The van der Waals surface area contributed by atoms with E-state index in [1.165, 1.54) is 18.9 Å². The van der Waals surface area contributed by atoms with Gasteiger partial charge in [-0.3, -0.25) is 0 Å². The van der Waals surface area contributed by atoms with Crippen LogP contribution in [0.4, 0.5) is 0 Å². The Morgan fingerprint density at radius 2 is 1.94 bits per heavy atom. The van der Waals surface area contributed by atoms with Gasteiger partial charge in [-0.25, -0.2) is 0 Å². The molecule has 7 heteroatoms. The van der Waals surface area contributed by atoms with Crippen molar-refractivity contribution in [2.45, 2.75) is 30.7 Å². The first-order valence-corrected chi connectivity index (χ1v) is 6.27. The van der Waals surface area contributed by atoms with Gasteiger partial charge in [0, 0.05) is 25.2 Å². The fourth-order valence-electron chi connectivity index (χ4n) is 1.53. The second-order valence-electron chi connectivity index (χ2n) is 3.61. The number of ether oxygens (including phenoxy) is 2. The maximum absolute atomic E-state index is 9.69. The average Bonchev–Trinajstić information content (AvgIpc) is 2.29. The standard InChI is InChI=1S/C9H19NO5S/c1-14-9-8(13)7(12)6(11)5(15-9)4-16-3-2-10/h5-9,11-13H,2-4,10H2,1H3/t5-,6-,7+,8-,9+/m1/s1. The third-order valence-electron chi connectivity index (χ3n) is 2.45. The molecule has 0 saturated carbocycles. The highest BCUT2D eigenvalue weighted by atomic mass is 32.2. The molecule has 16 heavy (non-hydrogen) atoms. The van der Waals surface area contributed by atoms with Crippen molar-refractivity contribution >= 4 is 11.8 Å². The number of hydrogen-bond acceptors (Lipinski definition) is 7. The number of aliphatic hydroxyl groups excluding tert-OH is 3. The summed E-state index contributed by atoms with van der Waals surface area (Å²) >= 11 is 1.52. The molecule has 0 aliphatic carbocycles. The van der Waals surface area contributed by atoms with E-state index in [0.717, 1.165) is 5.75 Å². The van der Waals surface area contributed by atoms with Gasteiger partial charge in [0.15, 0.2) is 6.29 Å². The molecule has 1 saturated heterocycles. The van der Waals surface area contributed by atoms with Gasteiger partial charge in [-0.2, -0.15) is 11.8 Å². The third kappa shape index (κ3) is 3.30. The second kappa shape index (κ2) is 6.75. The molecular formula is C9H19NO5S. The van der Waals surface area contributed by atoms with Crippen molar-refractivity contribution in [1.29, 1.82) is 0 Å². The molecule has 0 radical (unpaired) electrons. The minimum atomic E-state index is -1.25. The predicted octanol–water partition coefficient (Wildman–Crippen LogP) is -1.87. The molecule has 0 bridgehead atoms. The van der Waals surface area contributed by atoms with Crippen molar-refractivity contribution < 1.29 is 24.8 Å². The fraction of sp³-hybridized carbons (Fsp3) is 1.00. The van der Waals surface area contributed by atoms with Crippen LogP contribution >= 0.6 is 11.8 Å². The molecular weight excluding hydrogens is 234 g/mol. The van der Waals surface area contributed by atoms with E-state index in [9.17, 15) is 15.3 Å². The van der Waals surface area contributed by atoms with Gasteiger partial charge in [0.25, 0.3) is 0 Å². The van der Waals surface area contributed by atoms with E-state index in [1.807, 2.05) is 0 Å². The van der Waals surface area contributed by atoms with Gasteiger partial charge in [-0.1, -0.05) is 0 Å². The summed E-state index contributed by atoms with van der Waals surface area (Å²) in [4.78, 5) is 0. The van der Waals surface area contributed by atoms with E-state index in [4.69, 9.17) is 15.2 Å². The van der Waals surface area contributed by atoms with E-state index in [-0.39, 0.29) is 0 Å². The van der Waals surface area contributed by atoms with Gasteiger partial charge in [0.05, 0.1) is 6.10 Å². The highest BCUT2D eigenvalue weighted by Crippen LogP contribution is 2.23. The molecule has 1 aliphatic heterocycles. The molecule has 0 spiro atoms. The summed E-state index contributed by atoms with van der Waals surface area (Å²) in [5, 5.41) is 28.8. The zero-order chi connectivity index (χ0) is 12.1. The maximum Gasteiger partial charge on any atom is 0.186 e. The van der Waals surface area contributed by atoms with E-state index in [2.05, 4.69) is 0 Å². The van der Waals surface area contributed by atoms with Crippen LogP contribution in [0.25, 0.3) is 0 Å². The van der Waals surface area contributed by atoms with Gasteiger partial charge in [0.2, 0.25) is 0 Å². The minimum absolute atomic E-state index is 0.502. The Kier molecular flexibility index (Phi) is 5.98. The van der Waals surface area contributed by atoms with E-state index >= 15 is 0 Å². The van der Waals surface area contributed by atoms with Crippen molar-refractivity contribution in [2.24, 2.45) is 5.73 Å². The topological polar surface area (TPSA) is 105 Å². The van der Waals surface area contributed by atoms with E-state index < -0.39 is 30.7 Å². The van der Waals surface area contributed by atoms with Crippen LogP contribution in [0, 0.1) is 0 Å². The Labute approximate surface area is 98.7 Å². The molecule has 6 nitrogen and oxygen atoms in total. The molecule has 0 aromatic heterocycles. The van der Waals surface area contributed by atoms with Gasteiger partial charge >= 0.3 is 0 Å². The first-order chi connectivity index (χ1) is 7.61. The van der Waals surface area contributed by atoms with Crippen LogP contribution < -0.4 is 5.73 Å². The summed E-state index contributed by atoms with van der Waals surface area (Å²) in [6, 6.07) is 0. The summed E-state index contributed by atoms with van der Waals surface area (Å²) in [6.45, 7) is 0.548. The van der Waals surface area contributed by atoms with Crippen molar-refractivity contribution in [3.63, 3.8) is 0 Å². The maximum atomic E-state index is 9.69. The van der Waals surface area contributed by atoms with Crippen molar-refractivity contribution in [3.05, 3.63) is 0 Å². The third-order valence-corrected chi connectivity index (χ3v) is 3.53. The molecule has 1 rings (SSSR count). The van der Waals surface area contributed by atoms with Gasteiger partial charge < -0.3 is 30.5 Å². The average molecular weight is 253 g/mol. The van der Waals surface area contributed by atoms with Crippen molar-refractivity contribution in [2.75, 3.05) is 25.2 Å². The molecule has 5 N–H and O–H groups in total. The molecule has 96 valence electrons. The quantitative estimate of drug-likeness (QED) is 0.425. The second-order valence-corrected chi connectivity index (χ2v) is 4.76. The molecule has 0 aromatic carbocycles. The highest BCUT2D eigenvalue weighted by Gasteiger charge is 2.43. The first-order valence-electron chi connectivity index (χ1n) is 5.12. The zero-order valence-electron chi connectivity index (χ0n) is 9.15. The lowest BCUT2D eigenvalue weighted by molar-refractivity contribution is -0.284. The molecule has 0 unspecified atom stereocenters. The van der Waals surface area contributed by atoms with E-state index in [0.29, 0.717) is 12.3 Å². The number of methoxy groups -OCH3 is 1. The Morgan fingerprint density at radius 1 is 1.25 bits per heavy atom. The normalized spacial score (nSPS) is 39.9. The fourth-order valence-corrected chi connectivity index (χ4v) is 2.37. The summed E-state index contributed by atoms with van der Waals surface area (Å²) in [6.07, 6.45) is -5.04. The van der Waals surface area contributed by atoms with Gasteiger partial charge in [0.1, 0.15) is 18.3 Å². The number of nitrogens with two attached hydrogens (primary N) is 1. The van der Waals surface area contributed by atoms with Crippen LogP contribution in [0.2, 0.25) is 0 Å². The summed E-state index contributed by atoms with van der Waals surface area (Å²) in [5.74, 6) is 1.25. The van der Waals surface area contributed by atoms with Crippen LogP contribution in [-0.4, -0.2) is 71.2 Å². The molecule has 0 aromatic rings. The SMILES string of the molecule is CO[C@H]1O[C@H](CSCCN)[C@@H](O)[C@H](O)[C@H]1O. The Hall–Kier alpha value is 0.110. The lowest BCUT2D eigenvalue weighted by Gasteiger charge is -2.39. The molecule has 5 atom stereocenters. The lowest BCUT2D eigenvalue weighted by atomic mass is 10.00. The van der Waals surface area contributed by atoms with Crippen molar-refractivity contribution in [1.82, 2.24) is 0 Å². The van der Waals surface area contributed by atoms with Crippen molar-refractivity contribution in [3.8, 4) is 0 Å². The van der Waals surface area contributed by atoms with Crippen LogP contribution in [0.5, 0.6) is 0 Å². The summed E-state index contributed by atoms with van der Waals surface area (Å²) in [5.41, 5.74) is 5.34. The first kappa shape index (κ1) is 14.2. The molecule has 1 aliphatic rings. The monoisotopic (exact) mass is 253 g/mol. The Morgan fingerprint density at radius 3 is 2.50 bits per heavy atom.